The van der Waals surface area contributed by atoms with Gasteiger partial charge in [0.25, 0.3) is 0 Å². The van der Waals surface area contributed by atoms with Crippen LogP contribution in [0.4, 0.5) is 0 Å². The molecule has 102 valence electrons. The monoisotopic (exact) mass is 265 g/mol. The highest BCUT2D eigenvalue weighted by atomic mass is 16.2. The van der Waals surface area contributed by atoms with E-state index in [2.05, 4.69) is 31.2 Å². The highest BCUT2D eigenvalue weighted by molar-refractivity contribution is 5.91. The average Bonchev–Trinajstić information content (AvgIpc) is 2.48. The van der Waals surface area contributed by atoms with Crippen molar-refractivity contribution in [3.8, 4) is 0 Å². The first kappa shape index (κ1) is 14.1. The van der Waals surface area contributed by atoms with Crippen molar-refractivity contribution in [1.29, 1.82) is 0 Å². The van der Waals surface area contributed by atoms with Crippen molar-refractivity contribution < 1.29 is 4.79 Å². The molecular formula is C18H19NO. The van der Waals surface area contributed by atoms with Crippen LogP contribution in [0.25, 0.3) is 6.08 Å². The molecule has 0 radical (unpaired) electrons. The maximum atomic E-state index is 12.0. The molecule has 0 N–H and O–H groups in total. The van der Waals surface area contributed by atoms with E-state index in [-0.39, 0.29) is 5.91 Å². The molecule has 0 spiro atoms. The number of carbonyl (C=O) groups is 1. The summed E-state index contributed by atoms with van der Waals surface area (Å²) in [5, 5.41) is 0. The Morgan fingerprint density at radius 1 is 1.05 bits per heavy atom. The first-order valence-electron chi connectivity index (χ1n) is 6.69. The Kier molecular flexibility index (Phi) is 4.72. The van der Waals surface area contributed by atoms with E-state index in [1.54, 1.807) is 11.0 Å². The summed E-state index contributed by atoms with van der Waals surface area (Å²) in [7, 11) is 1.82. The molecule has 2 aromatic carbocycles. The van der Waals surface area contributed by atoms with Gasteiger partial charge in [-0.3, -0.25) is 4.79 Å². The second-order valence-corrected chi connectivity index (χ2v) is 4.92. The van der Waals surface area contributed by atoms with Gasteiger partial charge in [-0.2, -0.15) is 0 Å². The van der Waals surface area contributed by atoms with E-state index < -0.39 is 0 Å². The SMILES string of the molecule is Cc1ccc(CN(C)C(=O)/C=C/c2ccccc2)cc1. The highest BCUT2D eigenvalue weighted by Gasteiger charge is 2.05. The summed E-state index contributed by atoms with van der Waals surface area (Å²) in [6.45, 7) is 2.68. The van der Waals surface area contributed by atoms with Gasteiger partial charge in [0.2, 0.25) is 5.91 Å². The van der Waals surface area contributed by atoms with Gasteiger partial charge < -0.3 is 4.90 Å². The van der Waals surface area contributed by atoms with Crippen molar-refractivity contribution in [1.82, 2.24) is 4.90 Å². The summed E-state index contributed by atoms with van der Waals surface area (Å²) < 4.78 is 0. The van der Waals surface area contributed by atoms with Crippen LogP contribution in [-0.4, -0.2) is 17.9 Å². The van der Waals surface area contributed by atoms with Crippen LogP contribution >= 0.6 is 0 Å². The molecule has 0 unspecified atom stereocenters. The molecule has 0 aliphatic rings. The number of hydrogen-bond acceptors (Lipinski definition) is 1. The molecule has 0 saturated carbocycles. The van der Waals surface area contributed by atoms with Gasteiger partial charge in [-0.25, -0.2) is 0 Å². The molecule has 2 rings (SSSR count). The number of hydrogen-bond donors (Lipinski definition) is 0. The lowest BCUT2D eigenvalue weighted by Crippen LogP contribution is -2.24. The van der Waals surface area contributed by atoms with Crippen LogP contribution in [0.3, 0.4) is 0 Å². The number of carbonyl (C=O) groups excluding carboxylic acids is 1. The van der Waals surface area contributed by atoms with Crippen molar-refractivity contribution in [2.45, 2.75) is 13.5 Å². The second-order valence-electron chi connectivity index (χ2n) is 4.92. The molecular weight excluding hydrogens is 246 g/mol. The molecule has 0 heterocycles. The van der Waals surface area contributed by atoms with E-state index in [0.29, 0.717) is 6.54 Å². The van der Waals surface area contributed by atoms with Gasteiger partial charge in [0.15, 0.2) is 0 Å². The van der Waals surface area contributed by atoms with Crippen LogP contribution in [0, 0.1) is 6.92 Å². The van der Waals surface area contributed by atoms with E-state index in [4.69, 9.17) is 0 Å². The first-order valence-corrected chi connectivity index (χ1v) is 6.69. The van der Waals surface area contributed by atoms with E-state index in [0.717, 1.165) is 11.1 Å². The molecule has 0 aromatic heterocycles. The lowest BCUT2D eigenvalue weighted by atomic mass is 10.1. The number of likely N-dealkylation sites (N-methyl/N-ethyl adjacent to an activating group) is 1. The Bertz CT molecular complexity index is 585. The molecule has 0 saturated heterocycles. The van der Waals surface area contributed by atoms with Gasteiger partial charge in [-0.05, 0) is 24.1 Å². The summed E-state index contributed by atoms with van der Waals surface area (Å²) in [6.07, 6.45) is 3.46. The quantitative estimate of drug-likeness (QED) is 0.772. The summed E-state index contributed by atoms with van der Waals surface area (Å²) >= 11 is 0. The number of nitrogens with zero attached hydrogens (tertiary/aromatic N) is 1. The van der Waals surface area contributed by atoms with Crippen molar-refractivity contribution in [3.63, 3.8) is 0 Å². The maximum Gasteiger partial charge on any atom is 0.246 e. The Labute approximate surface area is 120 Å². The number of aryl methyl sites for hydroxylation is 1. The minimum atomic E-state index is 0.00873. The molecule has 0 fully saturated rings. The predicted molar refractivity (Wildman–Crippen MR) is 83.1 cm³/mol. The van der Waals surface area contributed by atoms with E-state index in [1.807, 2.05) is 43.5 Å². The Balaban J connectivity index is 1.95. The van der Waals surface area contributed by atoms with Crippen molar-refractivity contribution in [2.75, 3.05) is 7.05 Å². The molecule has 2 aromatic rings. The Hall–Kier alpha value is -2.35. The maximum absolute atomic E-state index is 12.0. The van der Waals surface area contributed by atoms with Gasteiger partial charge in [0.1, 0.15) is 0 Å². The standard InChI is InChI=1S/C18H19NO/c1-15-8-10-17(11-9-15)14-19(2)18(20)13-12-16-6-4-3-5-7-16/h3-13H,14H2,1-2H3/b13-12+. The van der Waals surface area contributed by atoms with Crippen LogP contribution in [0.15, 0.2) is 60.7 Å². The summed E-state index contributed by atoms with van der Waals surface area (Å²) in [6, 6.07) is 18.1. The third-order valence-electron chi connectivity index (χ3n) is 3.13. The molecule has 1 amide bonds. The normalized spacial score (nSPS) is 10.7. The molecule has 20 heavy (non-hydrogen) atoms. The van der Waals surface area contributed by atoms with Crippen LogP contribution in [0.5, 0.6) is 0 Å². The third kappa shape index (κ3) is 4.09. The van der Waals surface area contributed by atoms with Crippen LogP contribution < -0.4 is 0 Å². The molecule has 0 bridgehead atoms. The molecule has 2 heteroatoms. The van der Waals surface area contributed by atoms with Gasteiger partial charge >= 0.3 is 0 Å². The summed E-state index contributed by atoms with van der Waals surface area (Å²) in [5.74, 6) is 0.00873. The fourth-order valence-electron chi connectivity index (χ4n) is 1.90. The Morgan fingerprint density at radius 2 is 1.70 bits per heavy atom. The van der Waals surface area contributed by atoms with Crippen molar-refractivity contribution in [2.24, 2.45) is 0 Å². The minimum Gasteiger partial charge on any atom is -0.338 e. The Morgan fingerprint density at radius 3 is 2.35 bits per heavy atom. The lowest BCUT2D eigenvalue weighted by Gasteiger charge is -2.15. The van der Waals surface area contributed by atoms with E-state index in [9.17, 15) is 4.79 Å². The smallest absolute Gasteiger partial charge is 0.246 e. The van der Waals surface area contributed by atoms with Crippen LogP contribution in [0.1, 0.15) is 16.7 Å². The topological polar surface area (TPSA) is 20.3 Å². The van der Waals surface area contributed by atoms with E-state index in [1.165, 1.54) is 5.56 Å². The summed E-state index contributed by atoms with van der Waals surface area (Å²) in [4.78, 5) is 13.7. The molecule has 0 aliphatic carbocycles. The van der Waals surface area contributed by atoms with Gasteiger partial charge in [0.05, 0.1) is 0 Å². The fraction of sp³-hybridized carbons (Fsp3) is 0.167. The van der Waals surface area contributed by atoms with Gasteiger partial charge in [0, 0.05) is 19.7 Å². The zero-order valence-electron chi connectivity index (χ0n) is 11.9. The zero-order chi connectivity index (χ0) is 14.4. The molecule has 2 nitrogen and oxygen atoms in total. The molecule has 0 aliphatic heterocycles. The minimum absolute atomic E-state index is 0.00873. The first-order chi connectivity index (χ1) is 9.65. The number of benzene rings is 2. The average molecular weight is 265 g/mol. The van der Waals surface area contributed by atoms with Crippen LogP contribution in [-0.2, 0) is 11.3 Å². The van der Waals surface area contributed by atoms with Gasteiger partial charge in [-0.15, -0.1) is 0 Å². The van der Waals surface area contributed by atoms with Crippen molar-refractivity contribution in [3.05, 3.63) is 77.4 Å². The lowest BCUT2D eigenvalue weighted by molar-refractivity contribution is -0.125. The number of amides is 1. The van der Waals surface area contributed by atoms with Gasteiger partial charge in [-0.1, -0.05) is 60.2 Å². The highest BCUT2D eigenvalue weighted by Crippen LogP contribution is 2.07. The van der Waals surface area contributed by atoms with Crippen LogP contribution in [0.2, 0.25) is 0 Å². The summed E-state index contributed by atoms with van der Waals surface area (Å²) in [5.41, 5.74) is 3.40. The second kappa shape index (κ2) is 6.71. The fourth-order valence-corrected chi connectivity index (χ4v) is 1.90. The third-order valence-corrected chi connectivity index (χ3v) is 3.13. The molecule has 0 atom stereocenters. The number of rotatable bonds is 4. The van der Waals surface area contributed by atoms with Crippen molar-refractivity contribution >= 4 is 12.0 Å². The largest absolute Gasteiger partial charge is 0.338 e. The van der Waals surface area contributed by atoms with E-state index >= 15 is 0 Å². The zero-order valence-corrected chi connectivity index (χ0v) is 11.9. The predicted octanol–water partition coefficient (Wildman–Crippen LogP) is 3.67.